The van der Waals surface area contributed by atoms with Gasteiger partial charge in [-0.05, 0) is 19.1 Å². The molecule has 0 saturated carbocycles. The molecule has 0 bridgehead atoms. The summed E-state index contributed by atoms with van der Waals surface area (Å²) >= 11 is 7.00. The van der Waals surface area contributed by atoms with Crippen LogP contribution in [0.2, 0.25) is 4.34 Å². The van der Waals surface area contributed by atoms with Gasteiger partial charge in [-0.2, -0.15) is 0 Å². The Bertz CT molecular complexity index is 377. The van der Waals surface area contributed by atoms with Gasteiger partial charge in [-0.15, -0.1) is 11.3 Å². The zero-order valence-corrected chi connectivity index (χ0v) is 9.56. The third kappa shape index (κ3) is 3.89. The number of carboxylic acids is 1. The van der Waals surface area contributed by atoms with E-state index in [4.69, 9.17) is 16.7 Å². The topological polar surface area (TPSA) is 66.4 Å². The van der Waals surface area contributed by atoms with Crippen molar-refractivity contribution in [1.82, 2.24) is 5.32 Å². The molecule has 0 spiro atoms. The number of carbonyl (C=O) groups excluding carboxylic acids is 1. The fourth-order valence-electron chi connectivity index (χ4n) is 0.959. The van der Waals surface area contributed by atoms with Crippen molar-refractivity contribution >= 4 is 34.8 Å². The van der Waals surface area contributed by atoms with Crippen LogP contribution in [-0.2, 0) is 16.0 Å². The maximum Gasteiger partial charge on any atom is 0.325 e. The summed E-state index contributed by atoms with van der Waals surface area (Å²) in [5.74, 6) is -1.36. The Morgan fingerprint density at radius 1 is 1.60 bits per heavy atom. The Hall–Kier alpha value is -1.07. The molecule has 0 aromatic carbocycles. The largest absolute Gasteiger partial charge is 0.480 e. The van der Waals surface area contributed by atoms with Crippen molar-refractivity contribution in [2.45, 2.75) is 19.4 Å². The first kappa shape index (κ1) is 12.0. The van der Waals surface area contributed by atoms with Gasteiger partial charge >= 0.3 is 5.97 Å². The van der Waals surface area contributed by atoms with Crippen molar-refractivity contribution in [3.8, 4) is 0 Å². The van der Waals surface area contributed by atoms with E-state index in [2.05, 4.69) is 5.32 Å². The first-order chi connectivity index (χ1) is 6.99. The predicted octanol–water partition coefficient (Wildman–Crippen LogP) is 1.53. The van der Waals surface area contributed by atoms with Crippen LogP contribution in [0.5, 0.6) is 0 Å². The van der Waals surface area contributed by atoms with Crippen molar-refractivity contribution < 1.29 is 14.7 Å². The molecule has 1 aromatic heterocycles. The van der Waals surface area contributed by atoms with Crippen LogP contribution in [0.25, 0.3) is 0 Å². The summed E-state index contributed by atoms with van der Waals surface area (Å²) < 4.78 is 0.615. The molecule has 6 heteroatoms. The van der Waals surface area contributed by atoms with Gasteiger partial charge in [-0.25, -0.2) is 0 Å². The number of hydrogen-bond acceptors (Lipinski definition) is 3. The average molecular weight is 248 g/mol. The van der Waals surface area contributed by atoms with Crippen LogP contribution in [-0.4, -0.2) is 23.0 Å². The maximum absolute atomic E-state index is 11.3. The lowest BCUT2D eigenvalue weighted by atomic mass is 10.3. The van der Waals surface area contributed by atoms with Crippen molar-refractivity contribution in [3.63, 3.8) is 0 Å². The minimum atomic E-state index is -1.05. The first-order valence-electron chi connectivity index (χ1n) is 4.25. The number of thiophene rings is 1. The molecule has 0 unspecified atom stereocenters. The lowest BCUT2D eigenvalue weighted by Crippen LogP contribution is -2.39. The van der Waals surface area contributed by atoms with Crippen LogP contribution in [0.1, 0.15) is 11.8 Å². The monoisotopic (exact) mass is 247 g/mol. The Kier molecular flexibility index (Phi) is 4.11. The number of amides is 1. The van der Waals surface area contributed by atoms with E-state index >= 15 is 0 Å². The Morgan fingerprint density at radius 3 is 2.73 bits per heavy atom. The molecule has 0 aliphatic carbocycles. The maximum atomic E-state index is 11.3. The molecule has 0 saturated heterocycles. The molecule has 2 N–H and O–H groups in total. The first-order valence-corrected chi connectivity index (χ1v) is 5.45. The van der Waals surface area contributed by atoms with E-state index < -0.39 is 12.0 Å². The Labute approximate surface area is 95.9 Å². The molecule has 1 rings (SSSR count). The van der Waals surface area contributed by atoms with E-state index in [0.29, 0.717) is 4.34 Å². The SMILES string of the molecule is C[C@H](NC(=O)Cc1ccc(Cl)s1)C(=O)O. The Morgan fingerprint density at radius 2 is 2.27 bits per heavy atom. The predicted molar refractivity (Wildman–Crippen MR) is 58.3 cm³/mol. The smallest absolute Gasteiger partial charge is 0.325 e. The summed E-state index contributed by atoms with van der Waals surface area (Å²) in [7, 11) is 0. The summed E-state index contributed by atoms with van der Waals surface area (Å²) in [6.45, 7) is 1.42. The lowest BCUT2D eigenvalue weighted by molar-refractivity contribution is -0.141. The molecule has 1 atom stereocenters. The van der Waals surface area contributed by atoms with Crippen molar-refractivity contribution in [2.24, 2.45) is 0 Å². The Balaban J connectivity index is 2.46. The van der Waals surface area contributed by atoms with Crippen molar-refractivity contribution in [1.29, 1.82) is 0 Å². The molecule has 4 nitrogen and oxygen atoms in total. The molecule has 0 fully saturated rings. The molecule has 1 heterocycles. The lowest BCUT2D eigenvalue weighted by Gasteiger charge is -2.07. The highest BCUT2D eigenvalue weighted by molar-refractivity contribution is 7.16. The number of carbonyl (C=O) groups is 2. The van der Waals surface area contributed by atoms with E-state index in [1.807, 2.05) is 0 Å². The van der Waals surface area contributed by atoms with E-state index in [1.165, 1.54) is 18.3 Å². The van der Waals surface area contributed by atoms with Gasteiger partial charge in [0.05, 0.1) is 10.8 Å². The number of halogens is 1. The number of rotatable bonds is 4. The summed E-state index contributed by atoms with van der Waals surface area (Å²) in [4.78, 5) is 22.6. The summed E-state index contributed by atoms with van der Waals surface area (Å²) in [5, 5.41) is 10.9. The normalized spacial score (nSPS) is 12.1. The second kappa shape index (κ2) is 5.14. The number of hydrogen-bond donors (Lipinski definition) is 2. The van der Waals surface area contributed by atoms with Gasteiger partial charge in [0.2, 0.25) is 5.91 Å². The van der Waals surface area contributed by atoms with Gasteiger partial charge in [0.1, 0.15) is 6.04 Å². The quantitative estimate of drug-likeness (QED) is 0.848. The van der Waals surface area contributed by atoms with Crippen molar-refractivity contribution in [3.05, 3.63) is 21.3 Å². The molecule has 0 aliphatic heterocycles. The van der Waals surface area contributed by atoms with Crippen LogP contribution >= 0.6 is 22.9 Å². The third-order valence-corrected chi connectivity index (χ3v) is 2.94. The van der Waals surface area contributed by atoms with Gasteiger partial charge in [0, 0.05) is 4.88 Å². The highest BCUT2D eigenvalue weighted by Crippen LogP contribution is 2.21. The van der Waals surface area contributed by atoms with Crippen LogP contribution in [0.3, 0.4) is 0 Å². The molecule has 0 aliphatic rings. The van der Waals surface area contributed by atoms with Gasteiger partial charge in [0.25, 0.3) is 0 Å². The number of aliphatic carboxylic acids is 1. The summed E-state index contributed by atoms with van der Waals surface area (Å²) in [6, 6.07) is 2.58. The third-order valence-electron chi connectivity index (χ3n) is 1.71. The van der Waals surface area contributed by atoms with Gasteiger partial charge in [0.15, 0.2) is 0 Å². The number of nitrogens with one attached hydrogen (secondary N) is 1. The van der Waals surface area contributed by atoms with Gasteiger partial charge in [-0.1, -0.05) is 11.6 Å². The fourth-order valence-corrected chi connectivity index (χ4v) is 2.05. The zero-order chi connectivity index (χ0) is 11.4. The summed E-state index contributed by atoms with van der Waals surface area (Å²) in [5.41, 5.74) is 0. The van der Waals surface area contributed by atoms with E-state index in [9.17, 15) is 9.59 Å². The van der Waals surface area contributed by atoms with Gasteiger partial charge < -0.3 is 10.4 Å². The van der Waals surface area contributed by atoms with Crippen molar-refractivity contribution in [2.75, 3.05) is 0 Å². The molecule has 15 heavy (non-hydrogen) atoms. The fraction of sp³-hybridized carbons (Fsp3) is 0.333. The minimum Gasteiger partial charge on any atom is -0.480 e. The molecule has 0 radical (unpaired) electrons. The highest BCUT2D eigenvalue weighted by atomic mass is 35.5. The average Bonchev–Trinajstić information content (AvgIpc) is 2.50. The molecular weight excluding hydrogens is 238 g/mol. The van der Waals surface area contributed by atoms with E-state index in [-0.39, 0.29) is 12.3 Å². The van der Waals surface area contributed by atoms with E-state index in [0.717, 1.165) is 4.88 Å². The van der Waals surface area contributed by atoms with Crippen LogP contribution in [0.15, 0.2) is 12.1 Å². The minimum absolute atomic E-state index is 0.162. The molecule has 1 amide bonds. The van der Waals surface area contributed by atoms with Crippen LogP contribution in [0.4, 0.5) is 0 Å². The highest BCUT2D eigenvalue weighted by Gasteiger charge is 2.14. The number of carboxylic acid groups (broad SMARTS) is 1. The second-order valence-corrected chi connectivity index (χ2v) is 4.81. The van der Waals surface area contributed by atoms with Gasteiger partial charge in [-0.3, -0.25) is 9.59 Å². The molecule has 82 valence electrons. The van der Waals surface area contributed by atoms with E-state index in [1.54, 1.807) is 12.1 Å². The zero-order valence-electron chi connectivity index (χ0n) is 7.99. The van der Waals surface area contributed by atoms with Crippen LogP contribution in [0, 0.1) is 0 Å². The summed E-state index contributed by atoms with van der Waals surface area (Å²) in [6.07, 6.45) is 0.162. The second-order valence-electron chi connectivity index (χ2n) is 3.01. The molecular formula is C9H10ClNO3S. The molecule has 1 aromatic rings. The van der Waals surface area contributed by atoms with Crippen LogP contribution < -0.4 is 5.32 Å². The standard InChI is InChI=1S/C9H10ClNO3S/c1-5(9(13)14)11-8(12)4-6-2-3-7(10)15-6/h2-3,5H,4H2,1H3,(H,11,12)(H,13,14)/t5-/m0/s1.